The quantitative estimate of drug-likeness (QED) is 0.507. The van der Waals surface area contributed by atoms with Crippen molar-refractivity contribution in [2.24, 2.45) is 5.92 Å². The molecule has 0 aromatic carbocycles. The summed E-state index contributed by atoms with van der Waals surface area (Å²) in [6, 6.07) is 0. The molecule has 102 valence electrons. The Kier molecular flexibility index (Phi) is 10.2. The molecule has 0 aliphatic carbocycles. The fraction of sp³-hybridized carbons (Fsp3) is 0.923. The third kappa shape index (κ3) is 10.3. The average Bonchev–Trinajstić information content (AvgIpc) is 2.34. The van der Waals surface area contributed by atoms with Crippen molar-refractivity contribution >= 4 is 5.91 Å². The number of rotatable bonds is 10. The van der Waals surface area contributed by atoms with E-state index in [1.54, 1.807) is 0 Å². The van der Waals surface area contributed by atoms with Crippen molar-refractivity contribution in [2.45, 2.75) is 52.6 Å². The van der Waals surface area contributed by atoms with Gasteiger partial charge in [-0.1, -0.05) is 27.2 Å². The molecule has 17 heavy (non-hydrogen) atoms. The number of amides is 1. The highest BCUT2D eigenvalue weighted by atomic mass is 16.3. The Hall–Kier alpha value is -0.610. The second-order valence-corrected chi connectivity index (χ2v) is 4.67. The molecule has 3 N–H and O–H groups in total. The summed E-state index contributed by atoms with van der Waals surface area (Å²) in [6.07, 6.45) is 3.19. The molecule has 2 atom stereocenters. The highest BCUT2D eigenvalue weighted by Gasteiger charge is 2.04. The molecule has 0 radical (unpaired) electrons. The van der Waals surface area contributed by atoms with E-state index in [1.165, 1.54) is 0 Å². The van der Waals surface area contributed by atoms with Crippen LogP contribution in [0.15, 0.2) is 0 Å². The summed E-state index contributed by atoms with van der Waals surface area (Å²) in [7, 11) is 0. The van der Waals surface area contributed by atoms with Crippen LogP contribution in [0.3, 0.4) is 0 Å². The summed E-state index contributed by atoms with van der Waals surface area (Å²) in [6.45, 7) is 8.21. The smallest absolute Gasteiger partial charge is 0.220 e. The maximum Gasteiger partial charge on any atom is 0.220 e. The van der Waals surface area contributed by atoms with Gasteiger partial charge in [0.1, 0.15) is 0 Å². The van der Waals surface area contributed by atoms with E-state index in [1.807, 2.05) is 6.92 Å². The van der Waals surface area contributed by atoms with Gasteiger partial charge >= 0.3 is 0 Å². The second kappa shape index (κ2) is 10.5. The zero-order valence-corrected chi connectivity index (χ0v) is 11.5. The van der Waals surface area contributed by atoms with E-state index in [4.69, 9.17) is 0 Å². The summed E-state index contributed by atoms with van der Waals surface area (Å²) in [5.41, 5.74) is 0. The van der Waals surface area contributed by atoms with Gasteiger partial charge in [0.05, 0.1) is 6.10 Å². The molecular formula is C13H28N2O2. The lowest BCUT2D eigenvalue weighted by atomic mass is 10.0. The average molecular weight is 244 g/mol. The first-order valence-electron chi connectivity index (χ1n) is 6.75. The third-order valence-corrected chi connectivity index (χ3v) is 3.04. The molecule has 0 saturated heterocycles. The molecule has 4 nitrogen and oxygen atoms in total. The molecule has 0 aromatic heterocycles. The molecule has 0 aliphatic rings. The topological polar surface area (TPSA) is 61.4 Å². The molecule has 0 saturated carbocycles. The van der Waals surface area contributed by atoms with Gasteiger partial charge in [0.2, 0.25) is 5.91 Å². The zero-order valence-electron chi connectivity index (χ0n) is 11.5. The maximum atomic E-state index is 11.4. The Morgan fingerprint density at radius 1 is 1.24 bits per heavy atom. The van der Waals surface area contributed by atoms with Gasteiger partial charge in [-0.05, 0) is 18.8 Å². The van der Waals surface area contributed by atoms with Crippen molar-refractivity contribution in [3.63, 3.8) is 0 Å². The van der Waals surface area contributed by atoms with Crippen molar-refractivity contribution in [1.29, 1.82) is 0 Å². The number of aliphatic hydroxyl groups excluding tert-OH is 1. The minimum Gasteiger partial charge on any atom is -0.392 e. The van der Waals surface area contributed by atoms with Crippen LogP contribution in [0.4, 0.5) is 0 Å². The van der Waals surface area contributed by atoms with Crippen LogP contribution < -0.4 is 10.6 Å². The summed E-state index contributed by atoms with van der Waals surface area (Å²) in [5.74, 6) is 0.752. The second-order valence-electron chi connectivity index (χ2n) is 4.67. The molecule has 2 unspecified atom stereocenters. The van der Waals surface area contributed by atoms with Gasteiger partial charge in [-0.15, -0.1) is 0 Å². The highest BCUT2D eigenvalue weighted by Crippen LogP contribution is 2.08. The van der Waals surface area contributed by atoms with Gasteiger partial charge in [-0.2, -0.15) is 0 Å². The first-order chi connectivity index (χ1) is 8.10. The molecule has 0 aliphatic heterocycles. The van der Waals surface area contributed by atoms with Crippen LogP contribution in [0.5, 0.6) is 0 Å². The lowest BCUT2D eigenvalue weighted by Gasteiger charge is -2.11. The number of carbonyl (C=O) groups excluding carboxylic acids is 1. The summed E-state index contributed by atoms with van der Waals surface area (Å²) >= 11 is 0. The van der Waals surface area contributed by atoms with Crippen LogP contribution in [0, 0.1) is 5.92 Å². The molecule has 0 aromatic rings. The van der Waals surface area contributed by atoms with Crippen molar-refractivity contribution in [1.82, 2.24) is 10.6 Å². The van der Waals surface area contributed by atoms with Gasteiger partial charge in [0, 0.05) is 26.1 Å². The molecule has 0 bridgehead atoms. The molecule has 0 fully saturated rings. The number of hydrogen-bond acceptors (Lipinski definition) is 3. The van der Waals surface area contributed by atoms with Crippen LogP contribution in [-0.4, -0.2) is 36.8 Å². The van der Waals surface area contributed by atoms with Crippen molar-refractivity contribution in [3.8, 4) is 0 Å². The zero-order chi connectivity index (χ0) is 13.1. The molecule has 0 heterocycles. The maximum absolute atomic E-state index is 11.4. The first-order valence-corrected chi connectivity index (χ1v) is 6.75. The van der Waals surface area contributed by atoms with Gasteiger partial charge in [0.25, 0.3) is 0 Å². The molecular weight excluding hydrogens is 216 g/mol. The Bertz CT molecular complexity index is 198. The van der Waals surface area contributed by atoms with E-state index >= 15 is 0 Å². The minimum absolute atomic E-state index is 0.128. The molecule has 4 heteroatoms. The lowest BCUT2D eigenvalue weighted by molar-refractivity contribution is -0.121. The van der Waals surface area contributed by atoms with Crippen LogP contribution in [0.1, 0.15) is 46.5 Å². The standard InChI is InChI=1S/C13H28N2O2/c1-4-11(3)6-7-13(17)15-9-8-14-10-12(16)5-2/h11-12,14,16H,4-10H2,1-3H3,(H,15,17). The van der Waals surface area contributed by atoms with E-state index < -0.39 is 0 Å². The van der Waals surface area contributed by atoms with Crippen molar-refractivity contribution < 1.29 is 9.90 Å². The Labute approximate surface area is 105 Å². The van der Waals surface area contributed by atoms with E-state index in [2.05, 4.69) is 24.5 Å². The SMILES string of the molecule is CCC(C)CCC(=O)NCCNCC(O)CC. The predicted molar refractivity (Wildman–Crippen MR) is 70.9 cm³/mol. The van der Waals surface area contributed by atoms with E-state index in [0.717, 1.165) is 19.3 Å². The van der Waals surface area contributed by atoms with E-state index in [-0.39, 0.29) is 12.0 Å². The lowest BCUT2D eigenvalue weighted by Crippen LogP contribution is -2.35. The monoisotopic (exact) mass is 244 g/mol. The van der Waals surface area contributed by atoms with Gasteiger partial charge in [-0.25, -0.2) is 0 Å². The molecule has 0 spiro atoms. The normalized spacial score (nSPS) is 14.4. The van der Waals surface area contributed by atoms with Crippen LogP contribution in [0.25, 0.3) is 0 Å². The van der Waals surface area contributed by atoms with Gasteiger partial charge in [0.15, 0.2) is 0 Å². The van der Waals surface area contributed by atoms with Crippen LogP contribution in [-0.2, 0) is 4.79 Å². The predicted octanol–water partition coefficient (Wildman–Crippen LogP) is 1.29. The summed E-state index contributed by atoms with van der Waals surface area (Å²) in [5, 5.41) is 15.3. The Balaban J connectivity index is 3.33. The first kappa shape index (κ1) is 16.4. The number of hydrogen-bond donors (Lipinski definition) is 3. The van der Waals surface area contributed by atoms with Crippen LogP contribution in [0.2, 0.25) is 0 Å². The van der Waals surface area contributed by atoms with Crippen molar-refractivity contribution in [3.05, 3.63) is 0 Å². The number of aliphatic hydroxyl groups is 1. The fourth-order valence-corrected chi connectivity index (χ4v) is 1.37. The fourth-order valence-electron chi connectivity index (χ4n) is 1.37. The Morgan fingerprint density at radius 2 is 1.94 bits per heavy atom. The number of nitrogens with one attached hydrogen (secondary N) is 2. The number of carbonyl (C=O) groups is 1. The van der Waals surface area contributed by atoms with Crippen molar-refractivity contribution in [2.75, 3.05) is 19.6 Å². The van der Waals surface area contributed by atoms with E-state index in [9.17, 15) is 9.90 Å². The van der Waals surface area contributed by atoms with Gasteiger partial charge < -0.3 is 15.7 Å². The van der Waals surface area contributed by atoms with E-state index in [0.29, 0.717) is 32.0 Å². The van der Waals surface area contributed by atoms with Gasteiger partial charge in [-0.3, -0.25) is 4.79 Å². The summed E-state index contributed by atoms with van der Waals surface area (Å²) < 4.78 is 0. The summed E-state index contributed by atoms with van der Waals surface area (Å²) in [4.78, 5) is 11.4. The largest absolute Gasteiger partial charge is 0.392 e. The highest BCUT2D eigenvalue weighted by molar-refractivity contribution is 5.75. The molecule has 1 amide bonds. The Morgan fingerprint density at radius 3 is 2.53 bits per heavy atom. The minimum atomic E-state index is -0.281. The van der Waals surface area contributed by atoms with Crippen LogP contribution >= 0.6 is 0 Å². The third-order valence-electron chi connectivity index (χ3n) is 3.04. The molecule has 0 rings (SSSR count).